The number of nitrogens with zero attached hydrogens (tertiary/aromatic N) is 2. The van der Waals surface area contributed by atoms with Gasteiger partial charge in [0.2, 0.25) is 0 Å². The van der Waals surface area contributed by atoms with Gasteiger partial charge < -0.3 is 19.9 Å². The molecular formula is C19H29N3OS. The molecule has 1 aliphatic carbocycles. The molecule has 1 fully saturated rings. The molecule has 132 valence electrons. The van der Waals surface area contributed by atoms with Crippen LogP contribution in [0, 0.1) is 0 Å². The number of likely N-dealkylation sites (tertiary alicyclic amines) is 1. The zero-order valence-electron chi connectivity index (χ0n) is 15.3. The highest BCUT2D eigenvalue weighted by Gasteiger charge is 2.44. The van der Waals surface area contributed by atoms with E-state index in [4.69, 9.17) is 17.0 Å². The highest BCUT2D eigenvalue weighted by Crippen LogP contribution is 2.47. The second-order valence-electron chi connectivity index (χ2n) is 7.32. The van der Waals surface area contributed by atoms with Crippen molar-refractivity contribution >= 4 is 17.3 Å². The molecule has 2 aliphatic rings. The largest absolute Gasteiger partial charge is 0.497 e. The minimum absolute atomic E-state index is 0.247. The van der Waals surface area contributed by atoms with Crippen molar-refractivity contribution in [2.45, 2.75) is 37.1 Å². The molecule has 1 heterocycles. The minimum atomic E-state index is 0.247. The number of hydrogen-bond donors (Lipinski definition) is 1. The number of piperidine rings is 1. The van der Waals surface area contributed by atoms with Crippen molar-refractivity contribution in [3.8, 4) is 5.75 Å². The maximum Gasteiger partial charge on any atom is 0.168 e. The molecule has 0 spiro atoms. The monoisotopic (exact) mass is 347 g/mol. The molecule has 2 bridgehead atoms. The summed E-state index contributed by atoms with van der Waals surface area (Å²) in [4.78, 5) is 4.69. The first-order chi connectivity index (χ1) is 11.5. The van der Waals surface area contributed by atoms with E-state index in [0.29, 0.717) is 6.04 Å². The number of ether oxygens (including phenoxy) is 1. The zero-order valence-corrected chi connectivity index (χ0v) is 16.1. The Labute approximate surface area is 151 Å². The second-order valence-corrected chi connectivity index (χ2v) is 7.71. The maximum atomic E-state index is 5.51. The van der Waals surface area contributed by atoms with Gasteiger partial charge in [0, 0.05) is 32.1 Å². The second kappa shape index (κ2) is 6.89. The average molecular weight is 348 g/mol. The summed E-state index contributed by atoms with van der Waals surface area (Å²) < 4.78 is 5.51. The van der Waals surface area contributed by atoms with Crippen molar-refractivity contribution in [1.29, 1.82) is 0 Å². The number of benzene rings is 1. The molecule has 0 aromatic heterocycles. The highest BCUT2D eigenvalue weighted by molar-refractivity contribution is 7.80. The predicted octanol–water partition coefficient (Wildman–Crippen LogP) is 2.41. The van der Waals surface area contributed by atoms with Crippen LogP contribution in [-0.2, 0) is 11.8 Å². The number of thiocarbonyl (C=S) groups is 1. The summed E-state index contributed by atoms with van der Waals surface area (Å²) in [5.41, 5.74) is 3.25. The molecule has 0 saturated carbocycles. The third-order valence-electron chi connectivity index (χ3n) is 6.02. The smallest absolute Gasteiger partial charge is 0.168 e. The fraction of sp³-hybridized carbons (Fsp3) is 0.632. The van der Waals surface area contributed by atoms with E-state index in [1.807, 2.05) is 7.05 Å². The summed E-state index contributed by atoms with van der Waals surface area (Å²) in [5, 5.41) is 3.90. The summed E-state index contributed by atoms with van der Waals surface area (Å²) in [6, 6.07) is 7.32. The Hall–Kier alpha value is -1.33. The lowest BCUT2D eigenvalue weighted by Crippen LogP contribution is -2.52. The molecule has 1 aromatic carbocycles. The molecule has 1 N–H and O–H groups in total. The van der Waals surface area contributed by atoms with Gasteiger partial charge in [-0.3, -0.25) is 0 Å². The Bertz CT molecular complexity index is 621. The van der Waals surface area contributed by atoms with Gasteiger partial charge in [-0.2, -0.15) is 0 Å². The first kappa shape index (κ1) is 17.5. The van der Waals surface area contributed by atoms with Crippen molar-refractivity contribution in [2.75, 3.05) is 41.3 Å². The van der Waals surface area contributed by atoms with Crippen LogP contribution in [-0.4, -0.2) is 62.3 Å². The van der Waals surface area contributed by atoms with E-state index < -0.39 is 0 Å². The molecule has 1 aromatic rings. The predicted molar refractivity (Wildman–Crippen MR) is 103 cm³/mol. The van der Waals surface area contributed by atoms with E-state index in [1.165, 1.54) is 30.5 Å². The van der Waals surface area contributed by atoms with Crippen LogP contribution in [0.25, 0.3) is 0 Å². The highest BCUT2D eigenvalue weighted by atomic mass is 32.1. The SMILES string of the molecule is CNC(=S)N(C)CC[C@@]12CCN(C)C(Cc3ccc(OC)cc31)C2. The Morgan fingerprint density at radius 1 is 1.50 bits per heavy atom. The van der Waals surface area contributed by atoms with Crippen molar-refractivity contribution < 1.29 is 4.74 Å². The van der Waals surface area contributed by atoms with Gasteiger partial charge in [-0.25, -0.2) is 0 Å². The third-order valence-corrected chi connectivity index (χ3v) is 6.54. The molecule has 0 amide bonds. The molecule has 2 atom stereocenters. The van der Waals surface area contributed by atoms with E-state index in [2.05, 4.69) is 47.4 Å². The normalized spacial score (nSPS) is 25.8. The molecule has 0 radical (unpaired) electrons. The van der Waals surface area contributed by atoms with Gasteiger partial charge in [0.05, 0.1) is 7.11 Å². The van der Waals surface area contributed by atoms with Gasteiger partial charge in [-0.15, -0.1) is 0 Å². The third kappa shape index (κ3) is 3.11. The summed E-state index contributed by atoms with van der Waals surface area (Å²) >= 11 is 5.38. The Kier molecular flexibility index (Phi) is 5.02. The number of nitrogens with one attached hydrogen (secondary N) is 1. The molecule has 24 heavy (non-hydrogen) atoms. The standard InChI is InChI=1S/C19H29N3OS/c1-20-18(24)22(3)10-8-19-7-9-21(2)15(13-19)11-14-5-6-16(23-4)12-17(14)19/h5-6,12,15H,7-11,13H2,1-4H3,(H,20,24)/t15?,19-/m1/s1. The van der Waals surface area contributed by atoms with Crippen LogP contribution in [0.4, 0.5) is 0 Å². The van der Waals surface area contributed by atoms with Crippen molar-refractivity contribution in [2.24, 2.45) is 0 Å². The number of likely N-dealkylation sites (N-methyl/N-ethyl adjacent to an activating group) is 1. The Morgan fingerprint density at radius 3 is 3.00 bits per heavy atom. The van der Waals surface area contributed by atoms with Gasteiger partial charge in [0.25, 0.3) is 0 Å². The minimum Gasteiger partial charge on any atom is -0.497 e. The van der Waals surface area contributed by atoms with Crippen LogP contribution in [0.5, 0.6) is 5.75 Å². The van der Waals surface area contributed by atoms with E-state index in [0.717, 1.165) is 30.2 Å². The lowest BCUT2D eigenvalue weighted by molar-refractivity contribution is 0.0946. The molecule has 1 aliphatic heterocycles. The maximum absolute atomic E-state index is 5.51. The quantitative estimate of drug-likeness (QED) is 0.845. The number of fused-ring (bicyclic) bond motifs is 4. The van der Waals surface area contributed by atoms with E-state index in [1.54, 1.807) is 7.11 Å². The van der Waals surface area contributed by atoms with Gasteiger partial charge in [0.15, 0.2) is 5.11 Å². The topological polar surface area (TPSA) is 27.7 Å². The average Bonchev–Trinajstić information content (AvgIpc) is 2.62. The van der Waals surface area contributed by atoms with Crippen LogP contribution in [0.1, 0.15) is 30.4 Å². The lowest BCUT2D eigenvalue weighted by atomic mass is 9.62. The molecule has 5 heteroatoms. The molecule has 4 nitrogen and oxygen atoms in total. The first-order valence-electron chi connectivity index (χ1n) is 8.79. The Balaban J connectivity index is 1.91. The van der Waals surface area contributed by atoms with Crippen LogP contribution in [0.15, 0.2) is 18.2 Å². The molecule has 1 saturated heterocycles. The summed E-state index contributed by atoms with van der Waals surface area (Å²) in [7, 11) is 8.00. The zero-order chi connectivity index (χ0) is 17.3. The molecular weight excluding hydrogens is 318 g/mol. The van der Waals surface area contributed by atoms with Gasteiger partial charge in [0.1, 0.15) is 5.75 Å². The van der Waals surface area contributed by atoms with E-state index >= 15 is 0 Å². The van der Waals surface area contributed by atoms with E-state index in [9.17, 15) is 0 Å². The van der Waals surface area contributed by atoms with Crippen molar-refractivity contribution in [1.82, 2.24) is 15.1 Å². The summed E-state index contributed by atoms with van der Waals surface area (Å²) in [5.74, 6) is 0.976. The van der Waals surface area contributed by atoms with Crippen molar-refractivity contribution in [3.05, 3.63) is 29.3 Å². The lowest BCUT2D eigenvalue weighted by Gasteiger charge is -2.51. The number of methoxy groups -OCH3 is 1. The first-order valence-corrected chi connectivity index (χ1v) is 9.20. The number of hydrogen-bond acceptors (Lipinski definition) is 3. The summed E-state index contributed by atoms with van der Waals surface area (Å²) in [6.45, 7) is 2.15. The van der Waals surface area contributed by atoms with Crippen LogP contribution < -0.4 is 10.1 Å². The number of rotatable bonds is 4. The van der Waals surface area contributed by atoms with E-state index in [-0.39, 0.29) is 5.41 Å². The fourth-order valence-corrected chi connectivity index (χ4v) is 4.49. The van der Waals surface area contributed by atoms with Gasteiger partial charge >= 0.3 is 0 Å². The van der Waals surface area contributed by atoms with Crippen LogP contribution in [0.3, 0.4) is 0 Å². The Morgan fingerprint density at radius 2 is 2.29 bits per heavy atom. The molecule has 1 unspecified atom stereocenters. The van der Waals surface area contributed by atoms with Crippen LogP contribution in [0.2, 0.25) is 0 Å². The summed E-state index contributed by atoms with van der Waals surface area (Å²) in [6.07, 6.45) is 4.74. The molecule has 3 rings (SSSR count). The van der Waals surface area contributed by atoms with Crippen LogP contribution >= 0.6 is 12.2 Å². The fourth-order valence-electron chi connectivity index (χ4n) is 4.40. The van der Waals surface area contributed by atoms with Crippen molar-refractivity contribution in [3.63, 3.8) is 0 Å². The van der Waals surface area contributed by atoms with Gasteiger partial charge in [-0.1, -0.05) is 6.07 Å². The van der Waals surface area contributed by atoms with Gasteiger partial charge in [-0.05, 0) is 74.8 Å².